The van der Waals surface area contributed by atoms with Gasteiger partial charge in [-0.3, -0.25) is 9.69 Å². The Morgan fingerprint density at radius 3 is 2.36 bits per heavy atom. The lowest BCUT2D eigenvalue weighted by molar-refractivity contribution is -0.112. The molecular formula is C21H21F3N2OS. The first-order valence-electron chi connectivity index (χ1n) is 8.97. The zero-order valence-electron chi connectivity index (χ0n) is 15.2. The molecule has 0 atom stereocenters. The molecule has 28 heavy (non-hydrogen) atoms. The van der Waals surface area contributed by atoms with E-state index in [0.717, 1.165) is 30.2 Å². The molecule has 0 bridgehead atoms. The smallest absolute Gasteiger partial charge is 0.322 e. The number of alkyl halides is 3. The Labute approximate surface area is 166 Å². The summed E-state index contributed by atoms with van der Waals surface area (Å²) < 4.78 is 40.3. The molecule has 7 heteroatoms. The Balaban J connectivity index is 1.79. The molecule has 1 amide bonds. The van der Waals surface area contributed by atoms with Crippen LogP contribution in [0, 0.1) is 0 Å². The fourth-order valence-electron chi connectivity index (χ4n) is 3.03. The number of carbonyl (C=O) groups excluding carboxylic acids is 1. The number of allylic oxidation sites excluding steroid dienone is 1. The van der Waals surface area contributed by atoms with Gasteiger partial charge in [0.2, 0.25) is 5.91 Å². The summed E-state index contributed by atoms with van der Waals surface area (Å²) in [6, 6.07) is 14.6. The monoisotopic (exact) mass is 406 g/mol. The van der Waals surface area contributed by atoms with Crippen LogP contribution in [0.1, 0.15) is 11.1 Å². The highest BCUT2D eigenvalue weighted by molar-refractivity contribution is 7.99. The highest BCUT2D eigenvalue weighted by Gasteiger charge is 2.35. The number of carbonyl (C=O) groups is 1. The van der Waals surface area contributed by atoms with Crippen molar-refractivity contribution in [2.75, 3.05) is 29.9 Å². The summed E-state index contributed by atoms with van der Waals surface area (Å²) in [6.45, 7) is 2.57. The SMILES string of the molecule is O=C(/C=C(\c1ccccc1)C(F)(F)F)Nc1ccccc1CN1CCSCC1. The van der Waals surface area contributed by atoms with E-state index in [0.29, 0.717) is 18.3 Å². The predicted octanol–water partition coefficient (Wildman–Crippen LogP) is 4.82. The molecule has 2 aromatic rings. The number of para-hydroxylation sites is 1. The predicted molar refractivity (Wildman–Crippen MR) is 108 cm³/mol. The highest BCUT2D eigenvalue weighted by Crippen LogP contribution is 2.33. The first kappa shape index (κ1) is 20.5. The number of hydrogen-bond donors (Lipinski definition) is 1. The molecule has 148 valence electrons. The van der Waals surface area contributed by atoms with E-state index in [-0.39, 0.29) is 5.56 Å². The van der Waals surface area contributed by atoms with Crippen molar-refractivity contribution in [1.29, 1.82) is 0 Å². The summed E-state index contributed by atoms with van der Waals surface area (Å²) in [5.41, 5.74) is 0.432. The maximum atomic E-state index is 13.4. The van der Waals surface area contributed by atoms with E-state index < -0.39 is 17.7 Å². The quantitative estimate of drug-likeness (QED) is 0.723. The van der Waals surface area contributed by atoms with Crippen molar-refractivity contribution < 1.29 is 18.0 Å². The number of rotatable bonds is 5. The second-order valence-corrected chi connectivity index (χ2v) is 7.68. The van der Waals surface area contributed by atoms with Gasteiger partial charge in [-0.1, -0.05) is 48.5 Å². The molecule has 0 unspecified atom stereocenters. The molecular weight excluding hydrogens is 385 g/mol. The van der Waals surface area contributed by atoms with E-state index in [1.807, 2.05) is 23.9 Å². The first-order valence-corrected chi connectivity index (χ1v) is 10.1. The van der Waals surface area contributed by atoms with Crippen molar-refractivity contribution in [2.45, 2.75) is 12.7 Å². The number of thioether (sulfide) groups is 1. The molecule has 1 saturated heterocycles. The molecule has 1 N–H and O–H groups in total. The average Bonchev–Trinajstić information content (AvgIpc) is 2.68. The molecule has 0 aliphatic carbocycles. The van der Waals surface area contributed by atoms with Crippen LogP contribution in [0.4, 0.5) is 18.9 Å². The molecule has 1 aliphatic rings. The van der Waals surface area contributed by atoms with Crippen molar-refractivity contribution in [2.24, 2.45) is 0 Å². The minimum atomic E-state index is -4.62. The summed E-state index contributed by atoms with van der Waals surface area (Å²) in [5.74, 6) is 1.32. The second kappa shape index (κ2) is 9.30. The van der Waals surface area contributed by atoms with Crippen LogP contribution in [-0.2, 0) is 11.3 Å². The Morgan fingerprint density at radius 2 is 1.68 bits per heavy atom. The van der Waals surface area contributed by atoms with E-state index in [2.05, 4.69) is 10.2 Å². The zero-order valence-corrected chi connectivity index (χ0v) is 16.0. The van der Waals surface area contributed by atoms with Gasteiger partial charge >= 0.3 is 6.18 Å². The van der Waals surface area contributed by atoms with Gasteiger partial charge < -0.3 is 5.32 Å². The summed E-state index contributed by atoms with van der Waals surface area (Å²) in [7, 11) is 0. The van der Waals surface area contributed by atoms with Crippen molar-refractivity contribution in [3.8, 4) is 0 Å². The van der Waals surface area contributed by atoms with Crippen molar-refractivity contribution in [3.63, 3.8) is 0 Å². The fourth-order valence-corrected chi connectivity index (χ4v) is 4.01. The summed E-state index contributed by atoms with van der Waals surface area (Å²) in [6.07, 6.45) is -3.99. The summed E-state index contributed by atoms with van der Waals surface area (Å²) >= 11 is 1.91. The van der Waals surface area contributed by atoms with E-state index in [1.54, 1.807) is 18.2 Å². The minimum absolute atomic E-state index is 0.0377. The van der Waals surface area contributed by atoms with Crippen LogP contribution in [0.25, 0.3) is 5.57 Å². The molecule has 0 saturated carbocycles. The number of anilines is 1. The Bertz CT molecular complexity index is 831. The van der Waals surface area contributed by atoms with E-state index in [4.69, 9.17) is 0 Å². The summed E-state index contributed by atoms with van der Waals surface area (Å²) in [5, 5.41) is 2.63. The van der Waals surface area contributed by atoms with Gasteiger partial charge in [-0.05, 0) is 17.2 Å². The molecule has 3 rings (SSSR count). The lowest BCUT2D eigenvalue weighted by Crippen LogP contribution is -2.32. The molecule has 1 fully saturated rings. The number of halogens is 3. The van der Waals surface area contributed by atoms with Crippen LogP contribution in [0.15, 0.2) is 60.7 Å². The van der Waals surface area contributed by atoms with Crippen LogP contribution >= 0.6 is 11.8 Å². The van der Waals surface area contributed by atoms with Crippen LogP contribution in [0.2, 0.25) is 0 Å². The molecule has 0 radical (unpaired) electrons. The summed E-state index contributed by atoms with van der Waals surface area (Å²) in [4.78, 5) is 14.7. The van der Waals surface area contributed by atoms with E-state index in [1.165, 1.54) is 24.3 Å². The maximum absolute atomic E-state index is 13.4. The van der Waals surface area contributed by atoms with Crippen LogP contribution in [0.3, 0.4) is 0 Å². The van der Waals surface area contributed by atoms with Crippen molar-refractivity contribution in [3.05, 3.63) is 71.8 Å². The largest absolute Gasteiger partial charge is 0.417 e. The maximum Gasteiger partial charge on any atom is 0.417 e. The fraction of sp³-hybridized carbons (Fsp3) is 0.286. The third kappa shape index (κ3) is 5.62. The van der Waals surface area contributed by atoms with Gasteiger partial charge in [0.15, 0.2) is 0 Å². The number of nitrogens with zero attached hydrogens (tertiary/aromatic N) is 1. The third-order valence-electron chi connectivity index (χ3n) is 4.44. The second-order valence-electron chi connectivity index (χ2n) is 6.46. The minimum Gasteiger partial charge on any atom is -0.322 e. The van der Waals surface area contributed by atoms with Gasteiger partial charge in [-0.15, -0.1) is 0 Å². The molecule has 0 spiro atoms. The molecule has 2 aromatic carbocycles. The topological polar surface area (TPSA) is 32.3 Å². The first-order chi connectivity index (χ1) is 13.4. The molecule has 3 nitrogen and oxygen atoms in total. The van der Waals surface area contributed by atoms with Gasteiger partial charge in [-0.2, -0.15) is 24.9 Å². The third-order valence-corrected chi connectivity index (χ3v) is 5.38. The van der Waals surface area contributed by atoms with E-state index in [9.17, 15) is 18.0 Å². The van der Waals surface area contributed by atoms with Gasteiger partial charge in [0.25, 0.3) is 0 Å². The van der Waals surface area contributed by atoms with Gasteiger partial charge in [0.1, 0.15) is 0 Å². The van der Waals surface area contributed by atoms with Gasteiger partial charge in [0.05, 0.1) is 5.57 Å². The number of hydrogen-bond acceptors (Lipinski definition) is 3. The molecule has 1 aliphatic heterocycles. The van der Waals surface area contributed by atoms with Crippen molar-refractivity contribution >= 4 is 28.9 Å². The number of nitrogens with one attached hydrogen (secondary N) is 1. The van der Waals surface area contributed by atoms with Gasteiger partial charge in [-0.25, -0.2) is 0 Å². The van der Waals surface area contributed by atoms with Gasteiger partial charge in [0, 0.05) is 42.9 Å². The highest BCUT2D eigenvalue weighted by atomic mass is 32.2. The normalized spacial score (nSPS) is 16.0. The van der Waals surface area contributed by atoms with Crippen LogP contribution < -0.4 is 5.32 Å². The lowest BCUT2D eigenvalue weighted by Gasteiger charge is -2.27. The Hall–Kier alpha value is -2.25. The molecule has 1 heterocycles. The van der Waals surface area contributed by atoms with E-state index >= 15 is 0 Å². The Kier molecular flexibility index (Phi) is 6.80. The van der Waals surface area contributed by atoms with Crippen LogP contribution in [-0.4, -0.2) is 41.6 Å². The number of benzene rings is 2. The Morgan fingerprint density at radius 1 is 1.04 bits per heavy atom. The lowest BCUT2D eigenvalue weighted by atomic mass is 10.0. The zero-order chi connectivity index (χ0) is 20.0. The van der Waals surface area contributed by atoms with Crippen LogP contribution in [0.5, 0.6) is 0 Å². The number of amides is 1. The average molecular weight is 406 g/mol. The standard InChI is InChI=1S/C21H21F3N2OS/c22-21(23,24)18(16-6-2-1-3-7-16)14-20(27)25-19-9-5-4-8-17(19)15-26-10-12-28-13-11-26/h1-9,14H,10-13,15H2,(H,25,27)/b18-14+. The molecule has 0 aromatic heterocycles. The van der Waals surface area contributed by atoms with Crippen molar-refractivity contribution in [1.82, 2.24) is 4.90 Å².